The van der Waals surface area contributed by atoms with Crippen LogP contribution >= 0.6 is 0 Å². The van der Waals surface area contributed by atoms with Crippen LogP contribution in [-0.2, 0) is 9.53 Å². The molecule has 1 atom stereocenters. The van der Waals surface area contributed by atoms with Crippen molar-refractivity contribution in [2.75, 3.05) is 13.7 Å². The van der Waals surface area contributed by atoms with Gasteiger partial charge in [-0.1, -0.05) is 42.5 Å². The largest absolute Gasteiger partial charge is 0.452 e. The van der Waals surface area contributed by atoms with Gasteiger partial charge in [0.1, 0.15) is 5.56 Å². The van der Waals surface area contributed by atoms with Crippen molar-refractivity contribution in [2.45, 2.75) is 19.9 Å². The lowest BCUT2D eigenvalue weighted by atomic mass is 10.1. The highest BCUT2D eigenvalue weighted by molar-refractivity contribution is 5.95. The Labute approximate surface area is 151 Å². The number of nitrogens with zero attached hydrogens (tertiary/aromatic N) is 2. The Morgan fingerprint density at radius 1 is 1.15 bits per heavy atom. The van der Waals surface area contributed by atoms with E-state index in [1.807, 2.05) is 37.3 Å². The second-order valence-corrected chi connectivity index (χ2v) is 5.90. The van der Waals surface area contributed by atoms with Gasteiger partial charge in [-0.25, -0.2) is 4.79 Å². The van der Waals surface area contributed by atoms with Gasteiger partial charge in [0.25, 0.3) is 11.6 Å². The molecule has 0 radical (unpaired) electrons. The summed E-state index contributed by atoms with van der Waals surface area (Å²) in [6.07, 6.45) is 0. The average molecular weight is 356 g/mol. The number of hydrogen-bond acceptors (Lipinski definition) is 5. The van der Waals surface area contributed by atoms with Gasteiger partial charge in [0.15, 0.2) is 6.61 Å². The molecule has 0 aliphatic carbocycles. The maximum atomic E-state index is 12.3. The molecule has 2 aromatic rings. The van der Waals surface area contributed by atoms with Crippen molar-refractivity contribution in [3.05, 3.63) is 75.3 Å². The number of carbonyl (C=O) groups excluding carboxylic acids is 2. The molecule has 0 aliphatic rings. The van der Waals surface area contributed by atoms with Crippen molar-refractivity contribution >= 4 is 17.6 Å². The first-order chi connectivity index (χ1) is 12.3. The monoisotopic (exact) mass is 356 g/mol. The summed E-state index contributed by atoms with van der Waals surface area (Å²) in [5.41, 5.74) is 0.826. The molecule has 0 saturated carbocycles. The van der Waals surface area contributed by atoms with Crippen LogP contribution in [0.5, 0.6) is 0 Å². The topological polar surface area (TPSA) is 89.8 Å². The third-order valence-electron chi connectivity index (χ3n) is 4.22. The number of carbonyl (C=O) groups is 2. The molecular weight excluding hydrogens is 336 g/mol. The smallest absolute Gasteiger partial charge is 0.345 e. The van der Waals surface area contributed by atoms with E-state index in [9.17, 15) is 19.7 Å². The molecule has 0 spiro atoms. The summed E-state index contributed by atoms with van der Waals surface area (Å²) in [6.45, 7) is 2.91. The third-order valence-corrected chi connectivity index (χ3v) is 4.22. The van der Waals surface area contributed by atoms with Crippen LogP contribution in [0.3, 0.4) is 0 Å². The van der Waals surface area contributed by atoms with Crippen molar-refractivity contribution in [1.82, 2.24) is 4.90 Å². The van der Waals surface area contributed by atoms with Crippen LogP contribution in [0.4, 0.5) is 5.69 Å². The molecule has 0 fully saturated rings. The second kappa shape index (κ2) is 8.24. The Balaban J connectivity index is 2.04. The van der Waals surface area contributed by atoms with Crippen LogP contribution in [0.2, 0.25) is 0 Å². The van der Waals surface area contributed by atoms with Gasteiger partial charge in [-0.3, -0.25) is 14.9 Å². The van der Waals surface area contributed by atoms with Crippen molar-refractivity contribution in [2.24, 2.45) is 0 Å². The summed E-state index contributed by atoms with van der Waals surface area (Å²) in [6, 6.07) is 13.6. The maximum Gasteiger partial charge on any atom is 0.345 e. The van der Waals surface area contributed by atoms with Crippen molar-refractivity contribution in [3.8, 4) is 0 Å². The number of para-hydroxylation sites is 1. The molecule has 2 aromatic carbocycles. The Morgan fingerprint density at radius 3 is 2.42 bits per heavy atom. The first-order valence-electron chi connectivity index (χ1n) is 8.04. The van der Waals surface area contributed by atoms with Crippen molar-refractivity contribution in [1.29, 1.82) is 0 Å². The molecule has 0 aliphatic heterocycles. The van der Waals surface area contributed by atoms with Gasteiger partial charge in [0, 0.05) is 12.6 Å². The van der Waals surface area contributed by atoms with Gasteiger partial charge in [-0.2, -0.15) is 0 Å². The lowest BCUT2D eigenvalue weighted by Gasteiger charge is -2.25. The molecule has 1 amide bonds. The van der Waals surface area contributed by atoms with E-state index in [4.69, 9.17) is 4.74 Å². The van der Waals surface area contributed by atoms with E-state index in [0.29, 0.717) is 5.56 Å². The van der Waals surface area contributed by atoms with Crippen LogP contribution in [0, 0.1) is 17.0 Å². The number of aryl methyl sites for hydroxylation is 1. The van der Waals surface area contributed by atoms with Gasteiger partial charge in [-0.05, 0) is 25.5 Å². The zero-order valence-corrected chi connectivity index (χ0v) is 14.8. The Bertz CT molecular complexity index is 820. The molecule has 0 bridgehead atoms. The molecule has 0 saturated heterocycles. The molecule has 0 aromatic heterocycles. The summed E-state index contributed by atoms with van der Waals surface area (Å²) in [5, 5.41) is 11.2. The van der Waals surface area contributed by atoms with E-state index in [-0.39, 0.29) is 17.3 Å². The van der Waals surface area contributed by atoms with Crippen molar-refractivity contribution in [3.63, 3.8) is 0 Å². The highest BCUT2D eigenvalue weighted by Crippen LogP contribution is 2.24. The van der Waals surface area contributed by atoms with E-state index in [0.717, 1.165) is 5.56 Å². The second-order valence-electron chi connectivity index (χ2n) is 5.90. The molecule has 136 valence electrons. The molecule has 0 N–H and O–H groups in total. The minimum absolute atomic E-state index is 0.165. The minimum atomic E-state index is -0.894. The summed E-state index contributed by atoms with van der Waals surface area (Å²) in [5.74, 6) is -1.29. The quantitative estimate of drug-likeness (QED) is 0.450. The third kappa shape index (κ3) is 4.24. The van der Waals surface area contributed by atoms with Gasteiger partial charge in [0.05, 0.1) is 11.0 Å². The van der Waals surface area contributed by atoms with E-state index in [1.54, 1.807) is 7.05 Å². The Kier molecular flexibility index (Phi) is 6.06. The maximum absolute atomic E-state index is 12.3. The van der Waals surface area contributed by atoms with Gasteiger partial charge in [0.2, 0.25) is 0 Å². The predicted octanol–water partition coefficient (Wildman–Crippen LogP) is 3.28. The SMILES string of the molecule is Cc1cccc(C(=O)OCC(=O)N(C)C(C)c2ccccc2)c1[N+](=O)[O-]. The number of amides is 1. The normalized spacial score (nSPS) is 11.5. The molecule has 1 unspecified atom stereocenters. The number of nitro benzene ring substituents is 1. The molecule has 0 heterocycles. The molecule has 26 heavy (non-hydrogen) atoms. The first kappa shape index (κ1) is 19.1. The zero-order chi connectivity index (χ0) is 19.3. The number of hydrogen-bond donors (Lipinski definition) is 0. The lowest BCUT2D eigenvalue weighted by molar-refractivity contribution is -0.385. The van der Waals surface area contributed by atoms with Crippen LogP contribution in [0.1, 0.15) is 34.5 Å². The highest BCUT2D eigenvalue weighted by atomic mass is 16.6. The summed E-state index contributed by atoms with van der Waals surface area (Å²) >= 11 is 0. The van der Waals surface area contributed by atoms with Gasteiger partial charge < -0.3 is 9.64 Å². The van der Waals surface area contributed by atoms with Crippen LogP contribution in [0.25, 0.3) is 0 Å². The fraction of sp³-hybridized carbons (Fsp3) is 0.263. The molecular formula is C19H20N2O5. The lowest BCUT2D eigenvalue weighted by Crippen LogP contribution is -2.33. The number of likely N-dealkylation sites (N-methyl/N-ethyl adjacent to an activating group) is 1. The van der Waals surface area contributed by atoms with Crippen LogP contribution in [-0.4, -0.2) is 35.4 Å². The van der Waals surface area contributed by atoms with E-state index < -0.39 is 23.4 Å². The summed E-state index contributed by atoms with van der Waals surface area (Å²) < 4.78 is 5.01. The number of esters is 1. The number of benzene rings is 2. The highest BCUT2D eigenvalue weighted by Gasteiger charge is 2.25. The fourth-order valence-corrected chi connectivity index (χ4v) is 2.54. The van der Waals surface area contributed by atoms with Crippen LogP contribution < -0.4 is 0 Å². The predicted molar refractivity (Wildman–Crippen MR) is 95.7 cm³/mol. The van der Waals surface area contributed by atoms with Crippen molar-refractivity contribution < 1.29 is 19.2 Å². The fourth-order valence-electron chi connectivity index (χ4n) is 2.54. The number of nitro groups is 1. The molecule has 2 rings (SSSR count). The standard InChI is InChI=1S/C19H20N2O5/c1-13-8-7-11-16(18(13)21(24)25)19(23)26-12-17(22)20(3)14(2)15-9-5-4-6-10-15/h4-11,14H,12H2,1-3H3. The van der Waals surface area contributed by atoms with E-state index in [2.05, 4.69) is 0 Å². The average Bonchev–Trinajstić information content (AvgIpc) is 2.64. The summed E-state index contributed by atoms with van der Waals surface area (Å²) in [4.78, 5) is 36.5. The molecule has 7 nitrogen and oxygen atoms in total. The van der Waals surface area contributed by atoms with Gasteiger partial charge >= 0.3 is 5.97 Å². The van der Waals surface area contributed by atoms with Crippen LogP contribution in [0.15, 0.2) is 48.5 Å². The zero-order valence-electron chi connectivity index (χ0n) is 14.8. The van der Waals surface area contributed by atoms with E-state index in [1.165, 1.54) is 30.0 Å². The molecule has 7 heteroatoms. The van der Waals surface area contributed by atoms with E-state index >= 15 is 0 Å². The van der Waals surface area contributed by atoms with Gasteiger partial charge in [-0.15, -0.1) is 0 Å². The Morgan fingerprint density at radius 2 is 1.81 bits per heavy atom. The number of ether oxygens (including phenoxy) is 1. The Hall–Kier alpha value is -3.22. The first-order valence-corrected chi connectivity index (χ1v) is 8.04. The number of rotatable bonds is 6. The minimum Gasteiger partial charge on any atom is -0.452 e. The summed E-state index contributed by atoms with van der Waals surface area (Å²) in [7, 11) is 1.61.